The molecule has 0 amide bonds. The van der Waals surface area contributed by atoms with Gasteiger partial charge in [-0.3, -0.25) is 5.41 Å². The summed E-state index contributed by atoms with van der Waals surface area (Å²) < 4.78 is 0. The summed E-state index contributed by atoms with van der Waals surface area (Å²) in [5, 5.41) is 8.67. The first-order valence-corrected chi connectivity index (χ1v) is 3.54. The average Bonchev–Trinajstić information content (AvgIpc) is 2.04. The Morgan fingerprint density at radius 2 is 2.17 bits per heavy atom. The van der Waals surface area contributed by atoms with E-state index in [-0.39, 0.29) is 5.84 Å². The highest BCUT2D eigenvalue weighted by Gasteiger charge is 1.98. The zero-order chi connectivity index (χ0) is 9.14. The number of benzene rings is 1. The molecule has 5 N–H and O–H groups in total. The van der Waals surface area contributed by atoms with Crippen LogP contribution in [0.15, 0.2) is 24.3 Å². The molecule has 0 radical (unpaired) electrons. The Balaban J connectivity index is 3.04. The summed E-state index contributed by atoms with van der Waals surface area (Å²) in [5.41, 5.74) is 6.83. The summed E-state index contributed by atoms with van der Waals surface area (Å²) in [7, 11) is 1.74. The summed E-state index contributed by atoms with van der Waals surface area (Å²) in [6, 6.07) is 7.21. The number of nitrogens with one attached hydrogen (secondary N) is 1. The van der Waals surface area contributed by atoms with Crippen LogP contribution in [0.5, 0.6) is 0 Å². The van der Waals surface area contributed by atoms with Gasteiger partial charge in [0.15, 0.2) is 0 Å². The second-order valence-corrected chi connectivity index (χ2v) is 2.57. The molecule has 0 spiro atoms. The van der Waals surface area contributed by atoms with E-state index in [0.717, 1.165) is 5.69 Å². The van der Waals surface area contributed by atoms with Crippen molar-refractivity contribution in [1.82, 2.24) is 0 Å². The Bertz CT molecular complexity index is 293. The third kappa shape index (κ3) is 1.73. The number of anilines is 1. The number of rotatable bonds is 2. The van der Waals surface area contributed by atoms with Crippen molar-refractivity contribution in [3.05, 3.63) is 29.8 Å². The third-order valence-electron chi connectivity index (χ3n) is 1.56. The Hall–Kier alpha value is -1.55. The van der Waals surface area contributed by atoms with Gasteiger partial charge in [0.05, 0.1) is 5.69 Å². The second-order valence-electron chi connectivity index (χ2n) is 2.57. The van der Waals surface area contributed by atoms with E-state index >= 15 is 0 Å². The number of nitrogens with two attached hydrogens (primary N) is 2. The van der Waals surface area contributed by atoms with E-state index in [2.05, 4.69) is 0 Å². The lowest BCUT2D eigenvalue weighted by atomic mass is 10.2. The van der Waals surface area contributed by atoms with Crippen LogP contribution in [-0.2, 0) is 0 Å². The molecule has 0 fully saturated rings. The minimum absolute atomic E-state index is 0.0544. The molecule has 4 nitrogen and oxygen atoms in total. The smallest absolute Gasteiger partial charge is 0.122 e. The Morgan fingerprint density at radius 3 is 2.67 bits per heavy atom. The Morgan fingerprint density at radius 1 is 1.50 bits per heavy atom. The minimum Gasteiger partial charge on any atom is -0.384 e. The Labute approximate surface area is 71.3 Å². The van der Waals surface area contributed by atoms with E-state index in [1.807, 2.05) is 12.1 Å². The maximum Gasteiger partial charge on any atom is 0.122 e. The molecule has 0 aromatic heterocycles. The summed E-state index contributed by atoms with van der Waals surface area (Å²) in [6.45, 7) is 0. The molecule has 0 bridgehead atoms. The molecule has 1 aromatic carbocycles. The molecule has 0 unspecified atom stereocenters. The van der Waals surface area contributed by atoms with Crippen LogP contribution in [0.1, 0.15) is 5.56 Å². The van der Waals surface area contributed by atoms with Crippen molar-refractivity contribution in [2.45, 2.75) is 0 Å². The fraction of sp³-hybridized carbons (Fsp3) is 0.125. The number of hydrogen-bond acceptors (Lipinski definition) is 3. The third-order valence-corrected chi connectivity index (χ3v) is 1.56. The van der Waals surface area contributed by atoms with Crippen molar-refractivity contribution in [2.24, 2.45) is 11.6 Å². The number of hydrogen-bond donors (Lipinski definition) is 3. The zero-order valence-electron chi connectivity index (χ0n) is 6.91. The normalized spacial score (nSPS) is 9.50. The van der Waals surface area contributed by atoms with Crippen LogP contribution in [0.4, 0.5) is 5.69 Å². The number of hydrazine groups is 1. The summed E-state index contributed by atoms with van der Waals surface area (Å²) in [4.78, 5) is 0. The first-order chi connectivity index (χ1) is 5.61. The van der Waals surface area contributed by atoms with Crippen LogP contribution < -0.4 is 16.6 Å². The Kier molecular flexibility index (Phi) is 2.30. The molecule has 0 aliphatic heterocycles. The molecule has 12 heavy (non-hydrogen) atoms. The fourth-order valence-electron chi connectivity index (χ4n) is 0.893. The highest BCUT2D eigenvalue weighted by Crippen LogP contribution is 2.11. The van der Waals surface area contributed by atoms with Gasteiger partial charge in [-0.25, -0.2) is 5.84 Å². The van der Waals surface area contributed by atoms with Crippen LogP contribution in [0.3, 0.4) is 0 Å². The van der Waals surface area contributed by atoms with E-state index in [1.165, 1.54) is 5.01 Å². The lowest BCUT2D eigenvalue weighted by Crippen LogP contribution is -2.25. The second kappa shape index (κ2) is 3.23. The van der Waals surface area contributed by atoms with E-state index in [9.17, 15) is 0 Å². The van der Waals surface area contributed by atoms with Crippen molar-refractivity contribution in [1.29, 1.82) is 5.41 Å². The van der Waals surface area contributed by atoms with Gasteiger partial charge in [0.2, 0.25) is 0 Å². The van der Waals surface area contributed by atoms with Crippen LogP contribution in [-0.4, -0.2) is 12.9 Å². The summed E-state index contributed by atoms with van der Waals surface area (Å²) >= 11 is 0. The molecule has 4 heteroatoms. The van der Waals surface area contributed by atoms with Crippen molar-refractivity contribution < 1.29 is 0 Å². The average molecular weight is 164 g/mol. The number of nitrogens with zero attached hydrogens (tertiary/aromatic N) is 1. The first kappa shape index (κ1) is 8.55. The predicted octanol–water partition coefficient (Wildman–Crippen LogP) is 0.281. The predicted molar refractivity (Wildman–Crippen MR) is 50.0 cm³/mol. The van der Waals surface area contributed by atoms with E-state index in [0.29, 0.717) is 5.56 Å². The SMILES string of the molecule is CN(N)c1cccc(C(=N)N)c1. The molecular formula is C8H12N4. The molecule has 0 heterocycles. The van der Waals surface area contributed by atoms with Gasteiger partial charge in [0.25, 0.3) is 0 Å². The molecule has 0 atom stereocenters. The highest BCUT2D eigenvalue weighted by atomic mass is 15.4. The maximum absolute atomic E-state index is 7.19. The van der Waals surface area contributed by atoms with Gasteiger partial charge in [-0.1, -0.05) is 12.1 Å². The minimum atomic E-state index is 0.0544. The molecule has 64 valence electrons. The lowest BCUT2D eigenvalue weighted by Gasteiger charge is -2.12. The quantitative estimate of drug-likeness (QED) is 0.254. The van der Waals surface area contributed by atoms with Gasteiger partial charge < -0.3 is 10.7 Å². The van der Waals surface area contributed by atoms with Crippen molar-refractivity contribution >= 4 is 11.5 Å². The van der Waals surface area contributed by atoms with Gasteiger partial charge in [-0.05, 0) is 12.1 Å². The molecule has 1 rings (SSSR count). The van der Waals surface area contributed by atoms with E-state index < -0.39 is 0 Å². The van der Waals surface area contributed by atoms with E-state index in [1.54, 1.807) is 19.2 Å². The topological polar surface area (TPSA) is 79.1 Å². The van der Waals surface area contributed by atoms with E-state index in [4.69, 9.17) is 17.0 Å². The maximum atomic E-state index is 7.19. The van der Waals surface area contributed by atoms with Crippen molar-refractivity contribution in [3.8, 4) is 0 Å². The lowest BCUT2D eigenvalue weighted by molar-refractivity contribution is 1.02. The van der Waals surface area contributed by atoms with Gasteiger partial charge in [-0.2, -0.15) is 0 Å². The van der Waals surface area contributed by atoms with Crippen LogP contribution in [0.25, 0.3) is 0 Å². The summed E-state index contributed by atoms with van der Waals surface area (Å²) in [5.74, 6) is 5.56. The fourth-order valence-corrected chi connectivity index (χ4v) is 0.893. The largest absolute Gasteiger partial charge is 0.384 e. The molecule has 0 saturated heterocycles. The standard InChI is InChI=1S/C8H12N4/c1-12(11)7-4-2-3-6(5-7)8(9)10/h2-5H,11H2,1H3,(H3,9,10). The molecule has 0 saturated carbocycles. The number of amidine groups is 1. The monoisotopic (exact) mass is 164 g/mol. The van der Waals surface area contributed by atoms with Gasteiger partial charge in [0, 0.05) is 12.6 Å². The van der Waals surface area contributed by atoms with Gasteiger partial charge in [0.1, 0.15) is 5.84 Å². The molecular weight excluding hydrogens is 152 g/mol. The molecule has 0 aliphatic rings. The highest BCUT2D eigenvalue weighted by molar-refractivity contribution is 5.95. The van der Waals surface area contributed by atoms with Crippen LogP contribution in [0.2, 0.25) is 0 Å². The van der Waals surface area contributed by atoms with Crippen molar-refractivity contribution in [3.63, 3.8) is 0 Å². The molecule has 0 aliphatic carbocycles. The summed E-state index contributed by atoms with van der Waals surface area (Å²) in [6.07, 6.45) is 0. The van der Waals surface area contributed by atoms with Crippen LogP contribution >= 0.6 is 0 Å². The van der Waals surface area contributed by atoms with Crippen molar-refractivity contribution in [2.75, 3.05) is 12.1 Å². The number of nitrogen functional groups attached to an aromatic ring is 1. The van der Waals surface area contributed by atoms with Gasteiger partial charge in [-0.15, -0.1) is 0 Å². The molecule has 1 aromatic rings. The first-order valence-electron chi connectivity index (χ1n) is 3.54. The van der Waals surface area contributed by atoms with Gasteiger partial charge >= 0.3 is 0 Å². The van der Waals surface area contributed by atoms with Crippen LogP contribution in [0, 0.1) is 5.41 Å². The zero-order valence-corrected chi connectivity index (χ0v) is 6.91.